The minimum atomic E-state index is -0.206. The van der Waals surface area contributed by atoms with Gasteiger partial charge in [-0.25, -0.2) is 9.98 Å². The summed E-state index contributed by atoms with van der Waals surface area (Å²) >= 11 is 0. The van der Waals surface area contributed by atoms with Crippen LogP contribution in [0.25, 0.3) is 38.6 Å². The Morgan fingerprint density at radius 3 is 2.18 bits per heavy atom. The summed E-state index contributed by atoms with van der Waals surface area (Å²) in [5.74, 6) is 1.82. The van der Waals surface area contributed by atoms with Gasteiger partial charge >= 0.3 is 0 Å². The van der Waals surface area contributed by atoms with Gasteiger partial charge in [0.2, 0.25) is 0 Å². The molecule has 0 bridgehead atoms. The molecule has 0 fully saturated rings. The number of aromatic nitrogens is 1. The van der Waals surface area contributed by atoms with Crippen molar-refractivity contribution in [1.82, 2.24) is 9.88 Å². The standard InChI is InChI=1S/C51H39N5/c1-5-17-34(18-6-1)49-52-50(35-19-7-2-8-20-35)54-51(53-49)42-28-15-27-40-43-33-36(31-32-45(43)56(48(40)42)38-23-11-4-12-24-38)39-26-16-30-46-47(39)41-25-13-14-29-44(41)55(46)37-21-9-3-10-22-37/h1-7,9-19,21-33,41,44,50H,8,20H2,(H,52,53,54). The zero-order valence-electron chi connectivity index (χ0n) is 30.8. The Morgan fingerprint density at radius 1 is 0.625 bits per heavy atom. The van der Waals surface area contributed by atoms with Gasteiger partial charge in [0.1, 0.15) is 12.0 Å². The number of allylic oxidation sites excluding steroid dienone is 5. The van der Waals surface area contributed by atoms with Gasteiger partial charge in [-0.3, -0.25) is 0 Å². The van der Waals surface area contributed by atoms with Crippen molar-refractivity contribution in [2.45, 2.75) is 31.0 Å². The van der Waals surface area contributed by atoms with Gasteiger partial charge in [0.05, 0.1) is 17.1 Å². The molecule has 6 aromatic carbocycles. The van der Waals surface area contributed by atoms with Crippen LogP contribution in [0.4, 0.5) is 11.4 Å². The molecule has 5 nitrogen and oxygen atoms in total. The van der Waals surface area contributed by atoms with Crippen molar-refractivity contribution < 1.29 is 0 Å². The van der Waals surface area contributed by atoms with Crippen LogP contribution in [0.5, 0.6) is 0 Å². The summed E-state index contributed by atoms with van der Waals surface area (Å²) in [4.78, 5) is 13.2. The Balaban J connectivity index is 1.12. The highest BCUT2D eigenvalue weighted by atomic mass is 15.2. The average Bonchev–Trinajstić information content (AvgIpc) is 3.80. The number of amidine groups is 2. The first kappa shape index (κ1) is 32.5. The van der Waals surface area contributed by atoms with Crippen LogP contribution in [0.1, 0.15) is 35.4 Å². The van der Waals surface area contributed by atoms with Crippen LogP contribution in [0.15, 0.2) is 204 Å². The van der Waals surface area contributed by atoms with E-state index in [4.69, 9.17) is 9.98 Å². The number of fused-ring (bicyclic) bond motifs is 6. The molecule has 0 saturated carbocycles. The van der Waals surface area contributed by atoms with Crippen molar-refractivity contribution in [3.63, 3.8) is 0 Å². The average molecular weight is 722 g/mol. The van der Waals surface area contributed by atoms with Crippen LogP contribution in [-0.4, -0.2) is 28.4 Å². The number of aliphatic imine (C=N–C) groups is 2. The second-order valence-electron chi connectivity index (χ2n) is 14.9. The van der Waals surface area contributed by atoms with Crippen LogP contribution < -0.4 is 10.2 Å². The quantitative estimate of drug-likeness (QED) is 0.186. The van der Waals surface area contributed by atoms with E-state index < -0.39 is 0 Å². The monoisotopic (exact) mass is 721 g/mol. The highest BCUT2D eigenvalue weighted by Crippen LogP contribution is 2.51. The summed E-state index contributed by atoms with van der Waals surface area (Å²) in [5.41, 5.74) is 13.0. The lowest BCUT2D eigenvalue weighted by Crippen LogP contribution is -2.40. The molecule has 56 heavy (non-hydrogen) atoms. The molecule has 0 spiro atoms. The van der Waals surface area contributed by atoms with Crippen molar-refractivity contribution in [3.8, 4) is 16.8 Å². The summed E-state index contributed by atoms with van der Waals surface area (Å²) in [6, 6.07) is 52.6. The lowest BCUT2D eigenvalue weighted by atomic mass is 9.86. The van der Waals surface area contributed by atoms with Crippen LogP contribution in [-0.2, 0) is 0 Å². The maximum absolute atomic E-state index is 5.37. The molecular formula is C51H39N5. The Kier molecular flexibility index (Phi) is 7.76. The van der Waals surface area contributed by atoms with Crippen molar-refractivity contribution in [2.75, 3.05) is 4.90 Å². The third kappa shape index (κ3) is 5.30. The van der Waals surface area contributed by atoms with Gasteiger partial charge in [-0.2, -0.15) is 0 Å². The molecule has 5 heteroatoms. The molecule has 0 saturated heterocycles. The molecule has 3 heterocycles. The van der Waals surface area contributed by atoms with Gasteiger partial charge in [0, 0.05) is 44.9 Å². The highest BCUT2D eigenvalue weighted by Gasteiger charge is 2.39. The summed E-state index contributed by atoms with van der Waals surface area (Å²) in [6.45, 7) is 0. The predicted octanol–water partition coefficient (Wildman–Crippen LogP) is 11.6. The van der Waals surface area contributed by atoms with E-state index in [-0.39, 0.29) is 18.1 Å². The Morgan fingerprint density at radius 2 is 1.38 bits per heavy atom. The normalized spacial score (nSPS) is 19.7. The summed E-state index contributed by atoms with van der Waals surface area (Å²) in [6.07, 6.45) is 17.5. The van der Waals surface area contributed by atoms with E-state index in [0.29, 0.717) is 0 Å². The fourth-order valence-electron chi connectivity index (χ4n) is 9.15. The van der Waals surface area contributed by atoms with E-state index in [0.717, 1.165) is 52.4 Å². The summed E-state index contributed by atoms with van der Waals surface area (Å²) in [7, 11) is 0. The van der Waals surface area contributed by atoms with E-state index in [1.165, 1.54) is 44.4 Å². The Bertz CT molecular complexity index is 2840. The van der Waals surface area contributed by atoms with E-state index in [1.807, 2.05) is 6.07 Å². The smallest absolute Gasteiger partial charge is 0.161 e. The third-order valence-corrected chi connectivity index (χ3v) is 11.7. The van der Waals surface area contributed by atoms with Crippen LogP contribution >= 0.6 is 0 Å². The van der Waals surface area contributed by atoms with Crippen molar-refractivity contribution >= 4 is 44.9 Å². The predicted molar refractivity (Wildman–Crippen MR) is 233 cm³/mol. The topological polar surface area (TPSA) is 44.9 Å². The second-order valence-corrected chi connectivity index (χ2v) is 14.9. The third-order valence-electron chi connectivity index (χ3n) is 11.7. The molecule has 3 unspecified atom stereocenters. The minimum Gasteiger partial charge on any atom is -0.344 e. The molecule has 268 valence electrons. The van der Waals surface area contributed by atoms with Gasteiger partial charge < -0.3 is 14.8 Å². The van der Waals surface area contributed by atoms with E-state index >= 15 is 0 Å². The largest absolute Gasteiger partial charge is 0.344 e. The van der Waals surface area contributed by atoms with Gasteiger partial charge in [-0.1, -0.05) is 140 Å². The molecule has 1 aromatic heterocycles. The molecule has 0 amide bonds. The number of para-hydroxylation sites is 3. The zero-order valence-corrected chi connectivity index (χ0v) is 30.8. The van der Waals surface area contributed by atoms with Crippen LogP contribution in [0.2, 0.25) is 0 Å². The molecule has 0 radical (unpaired) electrons. The first-order valence-corrected chi connectivity index (χ1v) is 19.6. The summed E-state index contributed by atoms with van der Waals surface area (Å²) < 4.78 is 2.40. The van der Waals surface area contributed by atoms with Gasteiger partial charge in [0.15, 0.2) is 5.84 Å². The second kappa shape index (κ2) is 13.4. The fourth-order valence-corrected chi connectivity index (χ4v) is 9.15. The molecular weight excluding hydrogens is 683 g/mol. The Labute approximate surface area is 326 Å². The molecule has 1 N–H and O–H groups in total. The lowest BCUT2D eigenvalue weighted by molar-refractivity contribution is 0.677. The van der Waals surface area contributed by atoms with Crippen molar-refractivity contribution in [1.29, 1.82) is 0 Å². The first-order chi connectivity index (χ1) is 27.8. The number of nitrogens with one attached hydrogen (secondary N) is 1. The zero-order chi connectivity index (χ0) is 37.0. The maximum atomic E-state index is 5.37. The number of anilines is 2. The van der Waals surface area contributed by atoms with Gasteiger partial charge in [-0.05, 0) is 83.6 Å². The number of hydrogen-bond donors (Lipinski definition) is 1. The lowest BCUT2D eigenvalue weighted by Gasteiger charge is -2.28. The number of nitrogens with zero attached hydrogens (tertiary/aromatic N) is 4. The van der Waals surface area contributed by atoms with Crippen LogP contribution in [0.3, 0.4) is 0 Å². The number of benzene rings is 6. The molecule has 3 atom stereocenters. The van der Waals surface area contributed by atoms with E-state index in [1.54, 1.807) is 0 Å². The van der Waals surface area contributed by atoms with Crippen LogP contribution in [0, 0.1) is 0 Å². The van der Waals surface area contributed by atoms with Gasteiger partial charge in [-0.15, -0.1) is 0 Å². The highest BCUT2D eigenvalue weighted by molar-refractivity contribution is 6.21. The van der Waals surface area contributed by atoms with Crippen molar-refractivity contribution in [2.24, 2.45) is 9.98 Å². The van der Waals surface area contributed by atoms with Gasteiger partial charge in [0.25, 0.3) is 0 Å². The van der Waals surface area contributed by atoms with E-state index in [2.05, 4.69) is 197 Å². The number of hydrogen-bond acceptors (Lipinski definition) is 4. The Hall–Kier alpha value is -6.98. The first-order valence-electron chi connectivity index (χ1n) is 19.6. The molecule has 7 aromatic rings. The SMILES string of the molecule is C1=CCCC(C2N=C(c3cccc4c5cc(-c6cccc7c6C6C=CC=CC6N7c6ccccc6)ccc5n(-c5ccccc5)c34)N=C(c3ccccc3)N2)=C1. The molecule has 2 aliphatic heterocycles. The number of rotatable bonds is 6. The summed E-state index contributed by atoms with van der Waals surface area (Å²) in [5, 5.41) is 6.06. The minimum absolute atomic E-state index is 0.206. The van der Waals surface area contributed by atoms with Crippen molar-refractivity contribution in [3.05, 3.63) is 210 Å². The molecule has 11 rings (SSSR count). The fraction of sp³-hybridized carbons (Fsp3) is 0.0980. The molecule has 4 aliphatic rings. The molecule has 2 aliphatic carbocycles. The van der Waals surface area contributed by atoms with E-state index in [9.17, 15) is 0 Å². The maximum Gasteiger partial charge on any atom is 0.161 e.